The molecule has 19 heavy (non-hydrogen) atoms. The highest BCUT2D eigenvalue weighted by Gasteiger charge is 2.23. The molecule has 0 saturated carbocycles. The van der Waals surface area contributed by atoms with Crippen molar-refractivity contribution in [1.29, 1.82) is 5.26 Å². The summed E-state index contributed by atoms with van der Waals surface area (Å²) in [6, 6.07) is 6.83. The van der Waals surface area contributed by atoms with E-state index in [1.165, 1.54) is 34.8 Å². The molecule has 0 bridgehead atoms. The smallest absolute Gasteiger partial charge is 0.206 e. The molecule has 0 unspecified atom stereocenters. The Morgan fingerprint density at radius 3 is 2.74 bits per heavy atom. The quantitative estimate of drug-likeness (QED) is 0.822. The van der Waals surface area contributed by atoms with Crippen LogP contribution in [0.25, 0.3) is 0 Å². The summed E-state index contributed by atoms with van der Waals surface area (Å²) in [6.07, 6.45) is 0. The lowest BCUT2D eigenvalue weighted by Gasteiger charge is -2.14. The van der Waals surface area contributed by atoms with E-state index in [1.807, 2.05) is 17.5 Å². The van der Waals surface area contributed by atoms with Gasteiger partial charge in [0.2, 0.25) is 0 Å². The van der Waals surface area contributed by atoms with Crippen LogP contribution >= 0.6 is 38.6 Å². The maximum Gasteiger partial charge on any atom is 0.252 e. The number of hydrogen-bond acceptors (Lipinski definition) is 5. The molecule has 0 aliphatic carbocycles. The molecular weight excluding hydrogens is 368 g/mol. The minimum Gasteiger partial charge on any atom is -0.206 e. The molecule has 8 heteroatoms. The molecule has 2 aromatic rings. The Morgan fingerprint density at radius 2 is 2.21 bits per heavy atom. The van der Waals surface area contributed by atoms with Gasteiger partial charge >= 0.3 is 0 Å². The van der Waals surface area contributed by atoms with Crippen LogP contribution in [0.3, 0.4) is 0 Å². The molecule has 0 aromatic carbocycles. The number of sulfonamides is 1. The van der Waals surface area contributed by atoms with Crippen LogP contribution in [0.15, 0.2) is 31.6 Å². The first kappa shape index (κ1) is 14.7. The Kier molecular flexibility index (Phi) is 4.43. The number of rotatable bonds is 4. The summed E-state index contributed by atoms with van der Waals surface area (Å²) in [6.45, 7) is 0.310. The fourth-order valence-electron chi connectivity index (χ4n) is 1.44. The molecule has 4 nitrogen and oxygen atoms in total. The first-order valence-corrected chi connectivity index (χ1v) is 9.05. The first-order chi connectivity index (χ1) is 8.93. The van der Waals surface area contributed by atoms with Gasteiger partial charge in [-0.2, -0.15) is 9.57 Å². The van der Waals surface area contributed by atoms with Crippen molar-refractivity contribution in [1.82, 2.24) is 4.31 Å². The fourth-order valence-corrected chi connectivity index (χ4v) is 5.12. The van der Waals surface area contributed by atoms with Crippen LogP contribution in [0.4, 0.5) is 0 Å². The highest BCUT2D eigenvalue weighted by Crippen LogP contribution is 2.26. The van der Waals surface area contributed by atoms with E-state index in [4.69, 9.17) is 5.26 Å². The Labute approximate surface area is 128 Å². The molecule has 0 spiro atoms. The third-order valence-corrected chi connectivity index (χ3v) is 7.20. The van der Waals surface area contributed by atoms with Crippen LogP contribution in [-0.2, 0) is 16.6 Å². The molecule has 2 rings (SSSR count). The molecule has 0 saturated heterocycles. The van der Waals surface area contributed by atoms with E-state index in [-0.39, 0.29) is 4.21 Å². The van der Waals surface area contributed by atoms with Crippen molar-refractivity contribution in [3.8, 4) is 6.07 Å². The second-order valence-electron chi connectivity index (χ2n) is 3.75. The molecule has 0 N–H and O–H groups in total. The van der Waals surface area contributed by atoms with E-state index < -0.39 is 10.0 Å². The maximum absolute atomic E-state index is 12.3. The Bertz CT molecular complexity index is 727. The largest absolute Gasteiger partial charge is 0.252 e. The molecule has 0 aliphatic rings. The van der Waals surface area contributed by atoms with Gasteiger partial charge in [0, 0.05) is 13.6 Å². The van der Waals surface area contributed by atoms with Gasteiger partial charge in [0.05, 0.1) is 3.79 Å². The zero-order valence-electron chi connectivity index (χ0n) is 9.83. The minimum absolute atomic E-state index is 0.195. The number of halogens is 1. The van der Waals surface area contributed by atoms with Gasteiger partial charge in [-0.05, 0) is 45.1 Å². The monoisotopic (exact) mass is 376 g/mol. The summed E-state index contributed by atoms with van der Waals surface area (Å²) < 4.78 is 27.0. The summed E-state index contributed by atoms with van der Waals surface area (Å²) >= 11 is 5.85. The van der Waals surface area contributed by atoms with Gasteiger partial charge in [-0.1, -0.05) is 0 Å². The van der Waals surface area contributed by atoms with Gasteiger partial charge in [0.15, 0.2) is 0 Å². The highest BCUT2D eigenvalue weighted by molar-refractivity contribution is 9.11. The van der Waals surface area contributed by atoms with Crippen molar-refractivity contribution in [3.63, 3.8) is 0 Å². The van der Waals surface area contributed by atoms with Crippen molar-refractivity contribution in [2.75, 3.05) is 7.05 Å². The van der Waals surface area contributed by atoms with Crippen molar-refractivity contribution < 1.29 is 8.42 Å². The first-order valence-electron chi connectivity index (χ1n) is 5.12. The summed E-state index contributed by atoms with van der Waals surface area (Å²) in [4.78, 5) is 0.394. The average molecular weight is 377 g/mol. The average Bonchev–Trinajstić information content (AvgIpc) is 2.98. The fraction of sp³-hybridized carbons (Fsp3) is 0.182. The molecule has 2 aromatic heterocycles. The summed E-state index contributed by atoms with van der Waals surface area (Å²) in [5, 5.41) is 10.6. The van der Waals surface area contributed by atoms with Crippen LogP contribution < -0.4 is 0 Å². The predicted octanol–water partition coefficient (Wildman–Crippen LogP) is 3.26. The van der Waals surface area contributed by atoms with Crippen molar-refractivity contribution in [3.05, 3.63) is 37.8 Å². The molecule has 100 valence electrons. The third-order valence-electron chi connectivity index (χ3n) is 2.38. The van der Waals surface area contributed by atoms with E-state index in [2.05, 4.69) is 15.9 Å². The molecule has 2 heterocycles. The minimum atomic E-state index is -3.53. The highest BCUT2D eigenvalue weighted by atomic mass is 79.9. The second kappa shape index (κ2) is 5.73. The van der Waals surface area contributed by atoms with Crippen molar-refractivity contribution >= 4 is 48.6 Å². The molecule has 0 fully saturated rings. The number of thiophene rings is 2. The van der Waals surface area contributed by atoms with Crippen LogP contribution in [0.5, 0.6) is 0 Å². The topological polar surface area (TPSA) is 61.2 Å². The van der Waals surface area contributed by atoms with Gasteiger partial charge in [-0.3, -0.25) is 0 Å². The molecule has 0 radical (unpaired) electrons. The molecule has 0 amide bonds. The molecule has 0 atom stereocenters. The number of hydrogen-bond donors (Lipinski definition) is 0. The lowest BCUT2D eigenvalue weighted by molar-refractivity contribution is 0.469. The van der Waals surface area contributed by atoms with Gasteiger partial charge in [-0.25, -0.2) is 8.42 Å². The lowest BCUT2D eigenvalue weighted by atomic mass is 10.3. The maximum atomic E-state index is 12.3. The van der Waals surface area contributed by atoms with Gasteiger partial charge in [-0.15, -0.1) is 22.7 Å². The summed E-state index contributed by atoms with van der Waals surface area (Å²) in [5.41, 5.74) is 0.931. The lowest BCUT2D eigenvalue weighted by Crippen LogP contribution is -2.25. The van der Waals surface area contributed by atoms with Crippen LogP contribution in [0, 0.1) is 11.3 Å². The SMILES string of the molecule is CN(Cc1csc(Br)c1)S(=O)(=O)c1ccc(C#N)s1. The van der Waals surface area contributed by atoms with E-state index in [0.29, 0.717) is 11.4 Å². The van der Waals surface area contributed by atoms with E-state index in [1.54, 1.807) is 0 Å². The number of nitriles is 1. The Morgan fingerprint density at radius 1 is 1.47 bits per heavy atom. The second-order valence-corrected chi connectivity index (χ2v) is 9.40. The Hall–Kier alpha value is -0.720. The summed E-state index contributed by atoms with van der Waals surface area (Å²) in [5.74, 6) is 0. The molecule has 0 aliphatic heterocycles. The molecular formula is C11H9BrN2O2S3. The van der Waals surface area contributed by atoms with Crippen LogP contribution in [-0.4, -0.2) is 19.8 Å². The zero-order chi connectivity index (χ0) is 14.0. The Balaban J connectivity index is 2.22. The predicted molar refractivity (Wildman–Crippen MR) is 79.7 cm³/mol. The normalized spacial score (nSPS) is 11.7. The standard InChI is InChI=1S/C11H9BrN2O2S3/c1-14(6-8-4-10(12)17-7-8)19(15,16)11-3-2-9(5-13)18-11/h2-4,7H,6H2,1H3. The van der Waals surface area contributed by atoms with Gasteiger partial charge in [0.25, 0.3) is 10.0 Å². The van der Waals surface area contributed by atoms with Gasteiger partial charge < -0.3 is 0 Å². The van der Waals surface area contributed by atoms with Gasteiger partial charge in [0.1, 0.15) is 15.2 Å². The number of nitrogens with zero attached hydrogens (tertiary/aromatic N) is 2. The van der Waals surface area contributed by atoms with Crippen LogP contribution in [0.2, 0.25) is 0 Å². The van der Waals surface area contributed by atoms with Crippen molar-refractivity contribution in [2.24, 2.45) is 0 Å². The third kappa shape index (κ3) is 3.24. The van der Waals surface area contributed by atoms with Crippen molar-refractivity contribution in [2.45, 2.75) is 10.8 Å². The van der Waals surface area contributed by atoms with E-state index in [9.17, 15) is 8.42 Å². The van der Waals surface area contributed by atoms with E-state index >= 15 is 0 Å². The zero-order valence-corrected chi connectivity index (χ0v) is 13.9. The van der Waals surface area contributed by atoms with E-state index in [0.717, 1.165) is 20.7 Å². The van der Waals surface area contributed by atoms with Crippen LogP contribution in [0.1, 0.15) is 10.4 Å². The summed E-state index contributed by atoms with van der Waals surface area (Å²) in [7, 11) is -1.99.